The third-order valence-corrected chi connectivity index (χ3v) is 2.58. The third-order valence-electron chi connectivity index (χ3n) is 2.58. The van der Waals surface area contributed by atoms with Crippen LogP contribution < -0.4 is 11.1 Å². The molecule has 0 atom stereocenters. The standard InChI is InChI=1S/C12H13N5O2/c1-2-8-4-3-5-9(6-8)15-11-10(17(18)19)7-14-12(13)16-11/h3-7H,2H2,1H3,(H3,13,14,15,16). The predicted octanol–water partition coefficient (Wildman–Crippen LogP) is 2.27. The molecule has 2 rings (SSSR count). The van der Waals surface area contributed by atoms with Gasteiger partial charge in [-0.15, -0.1) is 0 Å². The van der Waals surface area contributed by atoms with Crippen molar-refractivity contribution in [2.75, 3.05) is 11.1 Å². The molecule has 3 N–H and O–H groups in total. The monoisotopic (exact) mass is 259 g/mol. The summed E-state index contributed by atoms with van der Waals surface area (Å²) in [6, 6.07) is 7.56. The van der Waals surface area contributed by atoms with Crippen LogP contribution in [0.2, 0.25) is 0 Å². The molecule has 0 aliphatic carbocycles. The van der Waals surface area contributed by atoms with Crippen LogP contribution in [0.1, 0.15) is 12.5 Å². The minimum Gasteiger partial charge on any atom is -0.368 e. The molecule has 0 spiro atoms. The number of hydrogen-bond donors (Lipinski definition) is 2. The topological polar surface area (TPSA) is 107 Å². The van der Waals surface area contributed by atoms with E-state index in [0.717, 1.165) is 23.9 Å². The first-order valence-corrected chi connectivity index (χ1v) is 5.73. The van der Waals surface area contributed by atoms with Gasteiger partial charge in [0.25, 0.3) is 0 Å². The van der Waals surface area contributed by atoms with Crippen molar-refractivity contribution in [2.24, 2.45) is 0 Å². The lowest BCUT2D eigenvalue weighted by atomic mass is 10.1. The predicted molar refractivity (Wildman–Crippen MR) is 72.2 cm³/mol. The van der Waals surface area contributed by atoms with E-state index in [2.05, 4.69) is 15.3 Å². The molecule has 0 amide bonds. The maximum Gasteiger partial charge on any atom is 0.329 e. The first-order chi connectivity index (χ1) is 9.10. The summed E-state index contributed by atoms with van der Waals surface area (Å²) in [7, 11) is 0. The van der Waals surface area contributed by atoms with Gasteiger partial charge < -0.3 is 11.1 Å². The van der Waals surface area contributed by atoms with Crippen molar-refractivity contribution in [3.05, 3.63) is 46.1 Å². The maximum atomic E-state index is 10.9. The van der Waals surface area contributed by atoms with Crippen molar-refractivity contribution in [3.63, 3.8) is 0 Å². The molecule has 0 bridgehead atoms. The Morgan fingerprint density at radius 2 is 2.26 bits per heavy atom. The van der Waals surface area contributed by atoms with E-state index in [-0.39, 0.29) is 17.5 Å². The van der Waals surface area contributed by atoms with Gasteiger partial charge in [-0.05, 0) is 24.1 Å². The summed E-state index contributed by atoms with van der Waals surface area (Å²) in [5, 5.41) is 13.8. The fraction of sp³-hybridized carbons (Fsp3) is 0.167. The maximum absolute atomic E-state index is 10.9. The van der Waals surface area contributed by atoms with Gasteiger partial charge in [0.2, 0.25) is 11.8 Å². The Labute approximate surface area is 109 Å². The summed E-state index contributed by atoms with van der Waals surface area (Å²) in [4.78, 5) is 17.8. The summed E-state index contributed by atoms with van der Waals surface area (Å²) < 4.78 is 0. The Hall–Kier alpha value is -2.70. The number of nitrogen functional groups attached to an aromatic ring is 1. The molecular formula is C12H13N5O2. The fourth-order valence-electron chi connectivity index (χ4n) is 1.62. The summed E-state index contributed by atoms with van der Waals surface area (Å²) in [5.74, 6) is 0.0745. The van der Waals surface area contributed by atoms with Gasteiger partial charge in [-0.2, -0.15) is 4.98 Å². The summed E-state index contributed by atoms with van der Waals surface area (Å²) in [6.45, 7) is 2.03. The van der Waals surface area contributed by atoms with Gasteiger partial charge in [-0.25, -0.2) is 4.98 Å². The number of nitrogens with one attached hydrogen (secondary N) is 1. The van der Waals surface area contributed by atoms with Crippen LogP contribution in [0.4, 0.5) is 23.1 Å². The number of aryl methyl sites for hydroxylation is 1. The number of hydrogen-bond acceptors (Lipinski definition) is 6. The molecule has 0 saturated carbocycles. The number of nitrogens with zero attached hydrogens (tertiary/aromatic N) is 3. The lowest BCUT2D eigenvalue weighted by molar-refractivity contribution is -0.384. The molecule has 0 saturated heterocycles. The average Bonchev–Trinajstić information content (AvgIpc) is 2.38. The Morgan fingerprint density at radius 1 is 1.47 bits per heavy atom. The van der Waals surface area contributed by atoms with Crippen LogP contribution in [-0.2, 0) is 6.42 Å². The normalized spacial score (nSPS) is 10.2. The number of nitrogens with two attached hydrogens (primary N) is 1. The lowest BCUT2D eigenvalue weighted by Gasteiger charge is -2.07. The second-order valence-electron chi connectivity index (χ2n) is 3.90. The van der Waals surface area contributed by atoms with Gasteiger partial charge in [0, 0.05) is 5.69 Å². The van der Waals surface area contributed by atoms with E-state index < -0.39 is 4.92 Å². The molecule has 0 unspecified atom stereocenters. The minimum absolute atomic E-state index is 0.0141. The highest BCUT2D eigenvalue weighted by Crippen LogP contribution is 2.25. The number of nitro groups is 1. The Morgan fingerprint density at radius 3 is 2.95 bits per heavy atom. The van der Waals surface area contributed by atoms with E-state index >= 15 is 0 Å². The first-order valence-electron chi connectivity index (χ1n) is 5.73. The van der Waals surface area contributed by atoms with Crippen molar-refractivity contribution in [3.8, 4) is 0 Å². The largest absolute Gasteiger partial charge is 0.368 e. The molecule has 2 aromatic rings. The number of anilines is 3. The number of aromatic nitrogens is 2. The van der Waals surface area contributed by atoms with Crippen LogP contribution in [0.25, 0.3) is 0 Å². The van der Waals surface area contributed by atoms with Crippen LogP contribution in [0.15, 0.2) is 30.5 Å². The fourth-order valence-corrected chi connectivity index (χ4v) is 1.62. The SMILES string of the molecule is CCc1cccc(Nc2nc(N)ncc2[N+](=O)[O-])c1. The molecule has 1 aromatic carbocycles. The van der Waals surface area contributed by atoms with Crippen LogP contribution in [-0.4, -0.2) is 14.9 Å². The van der Waals surface area contributed by atoms with Crippen LogP contribution in [0.3, 0.4) is 0 Å². The van der Waals surface area contributed by atoms with Crippen molar-refractivity contribution in [1.29, 1.82) is 0 Å². The van der Waals surface area contributed by atoms with Crippen LogP contribution in [0, 0.1) is 10.1 Å². The van der Waals surface area contributed by atoms with Crippen molar-refractivity contribution < 1.29 is 4.92 Å². The molecule has 1 heterocycles. The first kappa shape index (κ1) is 12.7. The highest BCUT2D eigenvalue weighted by Gasteiger charge is 2.16. The zero-order chi connectivity index (χ0) is 13.8. The molecule has 19 heavy (non-hydrogen) atoms. The zero-order valence-electron chi connectivity index (χ0n) is 10.3. The van der Waals surface area contributed by atoms with E-state index in [1.165, 1.54) is 0 Å². The van der Waals surface area contributed by atoms with Crippen molar-refractivity contribution in [2.45, 2.75) is 13.3 Å². The van der Waals surface area contributed by atoms with Crippen molar-refractivity contribution >= 4 is 23.1 Å². The van der Waals surface area contributed by atoms with E-state index in [1.54, 1.807) is 6.07 Å². The smallest absolute Gasteiger partial charge is 0.329 e. The van der Waals surface area contributed by atoms with Crippen LogP contribution >= 0.6 is 0 Å². The van der Waals surface area contributed by atoms with E-state index in [4.69, 9.17) is 5.73 Å². The molecule has 1 aromatic heterocycles. The molecule has 0 aliphatic rings. The second-order valence-corrected chi connectivity index (χ2v) is 3.90. The lowest BCUT2D eigenvalue weighted by Crippen LogP contribution is -2.04. The zero-order valence-corrected chi connectivity index (χ0v) is 10.3. The summed E-state index contributed by atoms with van der Waals surface area (Å²) in [6.07, 6.45) is 1.97. The van der Waals surface area contributed by atoms with Gasteiger partial charge >= 0.3 is 5.69 Å². The molecule has 0 radical (unpaired) electrons. The van der Waals surface area contributed by atoms with Gasteiger partial charge in [-0.1, -0.05) is 19.1 Å². The van der Waals surface area contributed by atoms with Crippen molar-refractivity contribution in [1.82, 2.24) is 9.97 Å². The molecule has 0 aliphatic heterocycles. The molecular weight excluding hydrogens is 246 g/mol. The Balaban J connectivity index is 2.36. The molecule has 7 nitrogen and oxygen atoms in total. The van der Waals surface area contributed by atoms with E-state index in [1.807, 2.05) is 25.1 Å². The Kier molecular flexibility index (Phi) is 3.56. The number of rotatable bonds is 4. The number of benzene rings is 1. The third kappa shape index (κ3) is 2.95. The summed E-state index contributed by atoms with van der Waals surface area (Å²) >= 11 is 0. The minimum atomic E-state index is -0.550. The van der Waals surface area contributed by atoms with Gasteiger partial charge in [0.15, 0.2) is 0 Å². The molecule has 98 valence electrons. The van der Waals surface area contributed by atoms with Gasteiger partial charge in [0.05, 0.1) is 4.92 Å². The van der Waals surface area contributed by atoms with Gasteiger partial charge in [-0.3, -0.25) is 10.1 Å². The van der Waals surface area contributed by atoms with E-state index in [0.29, 0.717) is 0 Å². The van der Waals surface area contributed by atoms with Crippen LogP contribution in [0.5, 0.6) is 0 Å². The second kappa shape index (κ2) is 5.30. The highest BCUT2D eigenvalue weighted by molar-refractivity contribution is 5.66. The molecule has 7 heteroatoms. The molecule has 0 fully saturated rings. The van der Waals surface area contributed by atoms with E-state index in [9.17, 15) is 10.1 Å². The highest BCUT2D eigenvalue weighted by atomic mass is 16.6. The van der Waals surface area contributed by atoms with Gasteiger partial charge in [0.1, 0.15) is 6.20 Å². The quantitative estimate of drug-likeness (QED) is 0.644. The average molecular weight is 259 g/mol. The Bertz CT molecular complexity index is 615. The summed E-state index contributed by atoms with van der Waals surface area (Å²) in [5.41, 5.74) is 7.08.